The summed E-state index contributed by atoms with van der Waals surface area (Å²) in [5.74, 6) is 0.181. The molecule has 0 amide bonds. The Balaban J connectivity index is 1.71. The lowest BCUT2D eigenvalue weighted by molar-refractivity contribution is 0.101. The first kappa shape index (κ1) is 17.3. The number of hydrogen-bond donors (Lipinski definition) is 1. The van der Waals surface area contributed by atoms with Gasteiger partial charge in [0, 0.05) is 29.9 Å². The third kappa shape index (κ3) is 2.70. The summed E-state index contributed by atoms with van der Waals surface area (Å²) in [6.45, 7) is 2.80. The molecular weight excluding hydrogens is 364 g/mol. The van der Waals surface area contributed by atoms with Crippen LogP contribution in [-0.2, 0) is 6.54 Å². The number of ether oxygens (including phenoxy) is 1. The van der Waals surface area contributed by atoms with Crippen LogP contribution in [0.25, 0.3) is 28.2 Å². The van der Waals surface area contributed by atoms with Crippen LogP contribution in [0, 0.1) is 0 Å². The Morgan fingerprint density at radius 2 is 1.93 bits per heavy atom. The zero-order chi connectivity index (χ0) is 20.0. The van der Waals surface area contributed by atoms with Crippen LogP contribution in [0.3, 0.4) is 0 Å². The molecule has 0 fully saturated rings. The van der Waals surface area contributed by atoms with Crippen molar-refractivity contribution in [3.05, 3.63) is 83.9 Å². The summed E-state index contributed by atoms with van der Waals surface area (Å²) in [6, 6.07) is 16.9. The molecule has 0 spiro atoms. The topological polar surface area (TPSA) is 64.3 Å². The molecule has 4 aromatic rings. The molecule has 1 aliphatic rings. The first-order valence-electron chi connectivity index (χ1n) is 9.47. The Labute approximate surface area is 167 Å². The Hall–Kier alpha value is -3.86. The van der Waals surface area contributed by atoms with Crippen molar-refractivity contribution < 1.29 is 14.6 Å². The van der Waals surface area contributed by atoms with Crippen LogP contribution in [0.2, 0.25) is 0 Å². The molecule has 0 saturated carbocycles. The number of aromatic hydroxyl groups is 1. The summed E-state index contributed by atoms with van der Waals surface area (Å²) in [5.41, 5.74) is 4.03. The normalized spacial score (nSPS) is 14.4. The zero-order valence-corrected chi connectivity index (χ0v) is 15.8. The van der Waals surface area contributed by atoms with E-state index in [-0.39, 0.29) is 22.9 Å². The molecule has 0 bridgehead atoms. The third-order valence-electron chi connectivity index (χ3n) is 5.17. The number of phenolic OH excluding ortho intramolecular Hbond substituents is 1. The van der Waals surface area contributed by atoms with E-state index in [1.165, 1.54) is 6.07 Å². The summed E-state index contributed by atoms with van der Waals surface area (Å²) in [7, 11) is 0. The van der Waals surface area contributed by atoms with E-state index in [0.29, 0.717) is 5.75 Å². The van der Waals surface area contributed by atoms with E-state index in [1.807, 2.05) is 30.5 Å². The Kier molecular flexibility index (Phi) is 3.95. The van der Waals surface area contributed by atoms with Crippen molar-refractivity contribution in [3.63, 3.8) is 0 Å². The fraction of sp³-hybridized carbons (Fsp3) is 0.0833. The highest BCUT2D eigenvalue weighted by Gasteiger charge is 2.30. The smallest absolute Gasteiger partial charge is 0.235 e. The van der Waals surface area contributed by atoms with Crippen LogP contribution in [0.1, 0.15) is 22.8 Å². The largest absolute Gasteiger partial charge is 0.507 e. The number of nitrogens with zero attached hydrogens (tertiary/aromatic N) is 2. The second-order valence-corrected chi connectivity index (χ2v) is 6.88. The number of aromatic nitrogens is 2. The van der Waals surface area contributed by atoms with E-state index in [0.717, 1.165) is 34.3 Å². The number of carbonyl (C=O) groups is 1. The SMILES string of the molecule is CCn1cc(/C=C2\Oc3cccc(O)c3C2=O)c2c(-c3ccccc3)ccnc21. The maximum Gasteiger partial charge on any atom is 0.235 e. The average molecular weight is 382 g/mol. The van der Waals surface area contributed by atoms with Gasteiger partial charge in [-0.05, 0) is 42.3 Å². The van der Waals surface area contributed by atoms with Gasteiger partial charge < -0.3 is 14.4 Å². The molecule has 2 aromatic heterocycles. The predicted octanol–water partition coefficient (Wildman–Crippen LogP) is 5.05. The Bertz CT molecular complexity index is 1290. The van der Waals surface area contributed by atoms with E-state index < -0.39 is 0 Å². The molecule has 0 unspecified atom stereocenters. The molecule has 5 nitrogen and oxygen atoms in total. The van der Waals surface area contributed by atoms with Crippen LogP contribution in [0.4, 0.5) is 0 Å². The monoisotopic (exact) mass is 382 g/mol. The van der Waals surface area contributed by atoms with Gasteiger partial charge in [0.1, 0.15) is 22.7 Å². The van der Waals surface area contributed by atoms with Crippen LogP contribution >= 0.6 is 0 Å². The fourth-order valence-corrected chi connectivity index (χ4v) is 3.81. The van der Waals surface area contributed by atoms with Crippen molar-refractivity contribution in [2.75, 3.05) is 0 Å². The summed E-state index contributed by atoms with van der Waals surface area (Å²) in [4.78, 5) is 17.4. The molecule has 0 aliphatic carbocycles. The molecular formula is C24H18N2O3. The standard InChI is InChI=1S/C24H18N2O3/c1-2-26-14-16(13-20-23(28)22-18(27)9-6-10-19(22)29-20)21-17(11-12-25-24(21)26)15-7-4-3-5-8-15/h3-14,27H,2H2,1H3/b20-13-. The lowest BCUT2D eigenvalue weighted by Gasteiger charge is -2.06. The van der Waals surface area contributed by atoms with Crippen LogP contribution in [0.15, 0.2) is 72.8 Å². The van der Waals surface area contributed by atoms with Crippen molar-refractivity contribution in [1.82, 2.24) is 9.55 Å². The highest BCUT2D eigenvalue weighted by molar-refractivity contribution is 6.17. The van der Waals surface area contributed by atoms with Gasteiger partial charge in [0.2, 0.25) is 5.78 Å². The Morgan fingerprint density at radius 1 is 1.10 bits per heavy atom. The van der Waals surface area contributed by atoms with Gasteiger partial charge in [-0.1, -0.05) is 36.4 Å². The van der Waals surface area contributed by atoms with Gasteiger partial charge in [-0.25, -0.2) is 4.98 Å². The van der Waals surface area contributed by atoms with Gasteiger partial charge >= 0.3 is 0 Å². The zero-order valence-electron chi connectivity index (χ0n) is 15.8. The summed E-state index contributed by atoms with van der Waals surface area (Å²) in [6.07, 6.45) is 5.53. The van der Waals surface area contributed by atoms with E-state index in [4.69, 9.17) is 4.74 Å². The third-order valence-corrected chi connectivity index (χ3v) is 5.17. The number of phenols is 1. The second kappa shape index (κ2) is 6.63. The number of hydrogen-bond acceptors (Lipinski definition) is 4. The molecule has 0 radical (unpaired) electrons. The number of aryl methyl sites for hydroxylation is 1. The van der Waals surface area contributed by atoms with Gasteiger partial charge in [-0.15, -0.1) is 0 Å². The minimum atomic E-state index is -0.319. The van der Waals surface area contributed by atoms with Crippen LogP contribution < -0.4 is 4.74 Å². The number of benzene rings is 2. The van der Waals surface area contributed by atoms with E-state index in [2.05, 4.69) is 28.6 Å². The number of fused-ring (bicyclic) bond motifs is 2. The van der Waals surface area contributed by atoms with Gasteiger partial charge in [0.25, 0.3) is 0 Å². The van der Waals surface area contributed by atoms with E-state index >= 15 is 0 Å². The lowest BCUT2D eigenvalue weighted by Crippen LogP contribution is -1.98. The van der Waals surface area contributed by atoms with E-state index in [1.54, 1.807) is 24.4 Å². The highest BCUT2D eigenvalue weighted by Crippen LogP contribution is 2.39. The molecule has 1 aliphatic heterocycles. The lowest BCUT2D eigenvalue weighted by atomic mass is 10.0. The van der Waals surface area contributed by atoms with Gasteiger partial charge in [-0.3, -0.25) is 4.79 Å². The number of pyridine rings is 1. The van der Waals surface area contributed by atoms with Crippen molar-refractivity contribution in [2.45, 2.75) is 13.5 Å². The average Bonchev–Trinajstić information content (AvgIpc) is 3.27. The van der Waals surface area contributed by atoms with Crippen LogP contribution in [0.5, 0.6) is 11.5 Å². The van der Waals surface area contributed by atoms with Gasteiger partial charge in [-0.2, -0.15) is 0 Å². The summed E-state index contributed by atoms with van der Waals surface area (Å²) >= 11 is 0. The minimum absolute atomic E-state index is 0.0708. The van der Waals surface area contributed by atoms with Crippen molar-refractivity contribution >= 4 is 22.9 Å². The molecule has 5 rings (SSSR count). The maximum absolute atomic E-state index is 12.8. The highest BCUT2D eigenvalue weighted by atomic mass is 16.5. The quantitative estimate of drug-likeness (QED) is 0.504. The molecule has 142 valence electrons. The number of ketones is 1. The predicted molar refractivity (Wildman–Crippen MR) is 112 cm³/mol. The second-order valence-electron chi connectivity index (χ2n) is 6.88. The molecule has 1 N–H and O–H groups in total. The fourth-order valence-electron chi connectivity index (χ4n) is 3.81. The van der Waals surface area contributed by atoms with E-state index in [9.17, 15) is 9.90 Å². The van der Waals surface area contributed by atoms with Gasteiger partial charge in [0.15, 0.2) is 5.76 Å². The van der Waals surface area contributed by atoms with Crippen molar-refractivity contribution in [2.24, 2.45) is 0 Å². The van der Waals surface area contributed by atoms with Crippen LogP contribution in [-0.4, -0.2) is 20.4 Å². The summed E-state index contributed by atoms with van der Waals surface area (Å²) in [5, 5.41) is 11.0. The minimum Gasteiger partial charge on any atom is -0.507 e. The number of allylic oxidation sites excluding steroid dienone is 1. The Morgan fingerprint density at radius 3 is 2.69 bits per heavy atom. The molecule has 0 saturated heterocycles. The first-order chi connectivity index (χ1) is 14.2. The molecule has 3 heterocycles. The maximum atomic E-state index is 12.8. The summed E-state index contributed by atoms with van der Waals surface area (Å²) < 4.78 is 7.82. The number of rotatable bonds is 3. The molecule has 5 heteroatoms. The molecule has 2 aromatic carbocycles. The van der Waals surface area contributed by atoms with Crippen molar-refractivity contribution in [1.29, 1.82) is 0 Å². The number of carbonyl (C=O) groups excluding carboxylic acids is 1. The molecule has 29 heavy (non-hydrogen) atoms. The number of Topliss-reactive ketones (excluding diaryl/α,β-unsaturated/α-hetero) is 1. The van der Waals surface area contributed by atoms with Crippen molar-refractivity contribution in [3.8, 4) is 22.6 Å². The van der Waals surface area contributed by atoms with Gasteiger partial charge in [0.05, 0.1) is 0 Å². The first-order valence-corrected chi connectivity index (χ1v) is 9.47. The molecule has 0 atom stereocenters.